The number of amides is 1. The molecule has 0 saturated carbocycles. The van der Waals surface area contributed by atoms with Gasteiger partial charge < -0.3 is 11.5 Å². The molecule has 0 atom stereocenters. The van der Waals surface area contributed by atoms with Crippen LogP contribution in [0, 0.1) is 0 Å². The van der Waals surface area contributed by atoms with E-state index in [1.807, 2.05) is 5.43 Å². The van der Waals surface area contributed by atoms with Crippen LogP contribution in [0.25, 0.3) is 0 Å². The maximum Gasteiger partial charge on any atom is 0.272 e. The molecule has 0 heterocycles. The maximum absolute atomic E-state index is 11.6. The van der Waals surface area contributed by atoms with E-state index >= 15 is 0 Å². The Kier molecular flexibility index (Phi) is 3.66. The summed E-state index contributed by atoms with van der Waals surface area (Å²) >= 11 is 0. The van der Waals surface area contributed by atoms with Crippen molar-refractivity contribution in [3.05, 3.63) is 29.8 Å². The first kappa shape index (κ1) is 12.9. The fourth-order valence-corrected chi connectivity index (χ4v) is 1.81. The first-order valence-corrected chi connectivity index (χ1v) is 5.88. The van der Waals surface area contributed by atoms with E-state index in [4.69, 9.17) is 16.6 Å². The van der Waals surface area contributed by atoms with Crippen LogP contribution in [0.5, 0.6) is 0 Å². The molecule has 0 saturated heterocycles. The molecule has 1 rings (SSSR count). The summed E-state index contributed by atoms with van der Waals surface area (Å²) in [6.45, 7) is 0. The van der Waals surface area contributed by atoms with Crippen LogP contribution in [-0.4, -0.2) is 20.3 Å². The van der Waals surface area contributed by atoms with Crippen molar-refractivity contribution in [3.8, 4) is 0 Å². The standard InChI is InChI=1S/C8H11N5O3S/c9-8(10)13-12-7(14)5-3-1-2-4-6(5)17(11,15)16/h1-4H,(H,12,14)(H4,9,10,13)(H2,11,15,16). The van der Waals surface area contributed by atoms with E-state index in [2.05, 4.69) is 5.10 Å². The smallest absolute Gasteiger partial charge is 0.272 e. The number of hydrazone groups is 1. The van der Waals surface area contributed by atoms with Crippen LogP contribution in [0.1, 0.15) is 10.4 Å². The highest BCUT2D eigenvalue weighted by Gasteiger charge is 2.18. The zero-order valence-corrected chi connectivity index (χ0v) is 9.44. The first-order chi connectivity index (χ1) is 7.82. The summed E-state index contributed by atoms with van der Waals surface area (Å²) in [6, 6.07) is 5.42. The number of primary sulfonamides is 1. The quantitative estimate of drug-likeness (QED) is 0.287. The number of carbonyl (C=O) groups is 1. The molecule has 92 valence electrons. The Morgan fingerprint density at radius 2 is 1.82 bits per heavy atom. The lowest BCUT2D eigenvalue weighted by Crippen LogP contribution is -2.30. The molecule has 9 heteroatoms. The van der Waals surface area contributed by atoms with Gasteiger partial charge in [0, 0.05) is 0 Å². The molecule has 1 amide bonds. The molecule has 0 spiro atoms. The van der Waals surface area contributed by atoms with Crippen LogP contribution in [0.3, 0.4) is 0 Å². The van der Waals surface area contributed by atoms with Gasteiger partial charge >= 0.3 is 0 Å². The van der Waals surface area contributed by atoms with Gasteiger partial charge in [0.15, 0.2) is 0 Å². The third-order valence-corrected chi connectivity index (χ3v) is 2.69. The third-order valence-electron chi connectivity index (χ3n) is 1.72. The second kappa shape index (κ2) is 4.80. The Morgan fingerprint density at radius 3 is 2.35 bits per heavy atom. The molecule has 17 heavy (non-hydrogen) atoms. The molecule has 0 aliphatic heterocycles. The second-order valence-electron chi connectivity index (χ2n) is 3.02. The van der Waals surface area contributed by atoms with Crippen LogP contribution in [-0.2, 0) is 10.0 Å². The molecule has 0 radical (unpaired) electrons. The minimum absolute atomic E-state index is 0.139. The Bertz CT molecular complexity index is 562. The van der Waals surface area contributed by atoms with E-state index in [9.17, 15) is 13.2 Å². The zero-order valence-electron chi connectivity index (χ0n) is 8.62. The molecule has 0 fully saturated rings. The van der Waals surface area contributed by atoms with Gasteiger partial charge in [-0.05, 0) is 12.1 Å². The summed E-state index contributed by atoms with van der Waals surface area (Å²) in [5, 5.41) is 8.22. The number of guanidine groups is 1. The van der Waals surface area contributed by atoms with Gasteiger partial charge in [0.05, 0.1) is 10.5 Å². The van der Waals surface area contributed by atoms with Crippen LogP contribution >= 0.6 is 0 Å². The Labute approximate surface area is 97.5 Å². The normalized spacial score (nSPS) is 10.6. The van der Waals surface area contributed by atoms with Gasteiger partial charge in [-0.3, -0.25) is 4.79 Å². The summed E-state index contributed by atoms with van der Waals surface area (Å²) in [5.41, 5.74) is 11.9. The topological polar surface area (TPSA) is 154 Å². The Hall–Kier alpha value is -2.13. The molecular weight excluding hydrogens is 246 g/mol. The van der Waals surface area contributed by atoms with Crippen LogP contribution in [0.15, 0.2) is 34.3 Å². The van der Waals surface area contributed by atoms with E-state index in [0.717, 1.165) is 0 Å². The highest BCUT2D eigenvalue weighted by molar-refractivity contribution is 7.89. The molecule has 1 aromatic rings. The summed E-state index contributed by atoms with van der Waals surface area (Å²) in [6.07, 6.45) is 0. The van der Waals surface area contributed by atoms with E-state index in [0.29, 0.717) is 0 Å². The van der Waals surface area contributed by atoms with Crippen molar-refractivity contribution in [3.63, 3.8) is 0 Å². The molecule has 0 aromatic heterocycles. The van der Waals surface area contributed by atoms with Crippen LogP contribution in [0.2, 0.25) is 0 Å². The number of nitrogens with zero attached hydrogens (tertiary/aromatic N) is 1. The fraction of sp³-hybridized carbons (Fsp3) is 0. The number of hydrogen-bond acceptors (Lipinski definition) is 4. The molecule has 8 nitrogen and oxygen atoms in total. The van der Waals surface area contributed by atoms with Gasteiger partial charge in [0.25, 0.3) is 5.91 Å². The van der Waals surface area contributed by atoms with Crippen molar-refractivity contribution in [2.45, 2.75) is 4.90 Å². The molecule has 0 unspecified atom stereocenters. The zero-order chi connectivity index (χ0) is 13.1. The first-order valence-electron chi connectivity index (χ1n) is 4.33. The van der Waals surface area contributed by atoms with Gasteiger partial charge in [-0.1, -0.05) is 12.1 Å². The number of benzene rings is 1. The molecule has 1 aromatic carbocycles. The average molecular weight is 257 g/mol. The highest BCUT2D eigenvalue weighted by atomic mass is 32.2. The second-order valence-corrected chi connectivity index (χ2v) is 4.55. The summed E-state index contributed by atoms with van der Waals surface area (Å²) < 4.78 is 22.4. The lowest BCUT2D eigenvalue weighted by molar-refractivity contribution is 0.0951. The van der Waals surface area contributed by atoms with Crippen molar-refractivity contribution < 1.29 is 13.2 Å². The van der Waals surface area contributed by atoms with Crippen molar-refractivity contribution in [1.82, 2.24) is 5.43 Å². The van der Waals surface area contributed by atoms with Crippen molar-refractivity contribution in [2.24, 2.45) is 21.7 Å². The number of nitrogens with one attached hydrogen (secondary N) is 1. The van der Waals surface area contributed by atoms with E-state index < -0.39 is 15.9 Å². The molecule has 7 N–H and O–H groups in total. The van der Waals surface area contributed by atoms with Crippen molar-refractivity contribution >= 4 is 21.9 Å². The SMILES string of the molecule is NC(N)=NNC(=O)c1ccccc1S(N)(=O)=O. The monoisotopic (exact) mass is 257 g/mol. The van der Waals surface area contributed by atoms with Gasteiger partial charge in [-0.25, -0.2) is 19.0 Å². The van der Waals surface area contributed by atoms with Gasteiger partial charge in [0.2, 0.25) is 16.0 Å². The van der Waals surface area contributed by atoms with Gasteiger partial charge in [-0.2, -0.15) is 0 Å². The number of hydrogen-bond donors (Lipinski definition) is 4. The number of sulfonamides is 1. The van der Waals surface area contributed by atoms with Gasteiger partial charge in [0.1, 0.15) is 0 Å². The maximum atomic E-state index is 11.6. The lowest BCUT2D eigenvalue weighted by atomic mass is 10.2. The summed E-state index contributed by atoms with van der Waals surface area (Å²) in [4.78, 5) is 11.3. The Morgan fingerprint density at radius 1 is 1.24 bits per heavy atom. The minimum atomic E-state index is -3.99. The molecule has 0 bridgehead atoms. The molecule has 0 aliphatic rings. The molecular formula is C8H11N5O3S. The number of carbonyl (C=O) groups excluding carboxylic acids is 1. The highest BCUT2D eigenvalue weighted by Crippen LogP contribution is 2.13. The third kappa shape index (κ3) is 3.43. The number of nitrogens with two attached hydrogens (primary N) is 3. The van der Waals surface area contributed by atoms with E-state index in [1.54, 1.807) is 0 Å². The van der Waals surface area contributed by atoms with Gasteiger partial charge in [-0.15, -0.1) is 5.10 Å². The average Bonchev–Trinajstić information content (AvgIpc) is 2.24. The van der Waals surface area contributed by atoms with Crippen LogP contribution in [0.4, 0.5) is 0 Å². The summed E-state index contributed by atoms with van der Waals surface area (Å²) in [5.74, 6) is -1.13. The fourth-order valence-electron chi connectivity index (χ4n) is 1.08. The van der Waals surface area contributed by atoms with E-state index in [1.165, 1.54) is 24.3 Å². The van der Waals surface area contributed by atoms with E-state index in [-0.39, 0.29) is 16.4 Å². The van der Waals surface area contributed by atoms with Crippen LogP contribution < -0.4 is 22.0 Å². The predicted molar refractivity (Wildman–Crippen MR) is 61.1 cm³/mol. The molecule has 0 aliphatic carbocycles. The minimum Gasteiger partial charge on any atom is -0.369 e. The Balaban J connectivity index is 3.15. The lowest BCUT2D eigenvalue weighted by Gasteiger charge is -2.05. The summed E-state index contributed by atoms with van der Waals surface area (Å²) in [7, 11) is -3.99. The predicted octanol–water partition coefficient (Wildman–Crippen LogP) is -1.75. The van der Waals surface area contributed by atoms with Crippen molar-refractivity contribution in [2.75, 3.05) is 0 Å². The largest absolute Gasteiger partial charge is 0.369 e. The number of rotatable bonds is 3. The van der Waals surface area contributed by atoms with Crippen molar-refractivity contribution in [1.29, 1.82) is 0 Å².